The molecule has 3 atom stereocenters. The lowest BCUT2D eigenvalue weighted by Gasteiger charge is -2.16. The highest BCUT2D eigenvalue weighted by Crippen LogP contribution is 2.22. The highest BCUT2D eigenvalue weighted by Gasteiger charge is 2.12. The molecule has 0 spiro atoms. The summed E-state index contributed by atoms with van der Waals surface area (Å²) in [5, 5.41) is 0. The zero-order chi connectivity index (χ0) is 40.7. The monoisotopic (exact) mass is 797 g/mol. The molecule has 0 fully saturated rings. The van der Waals surface area contributed by atoms with Crippen LogP contribution < -0.4 is 0 Å². The number of hydrogen-bond acceptors (Lipinski definition) is 11. The molecule has 1 unspecified atom stereocenters. The first-order chi connectivity index (χ1) is 27.3. The molecule has 0 radical (unpaired) electrons. The standard InChI is InChI=1S/C45H80O11/c1-39(2)12-9-13-40(3)14-10-15-41(4)16-11-17-42(5)22-23-55-44(46)20-21-45(47)56-37-36-53-33-32-51-29-28-49-25-24-48-26-27-50-30-31-52-34-35-54-38-43-18-7-6-8-19-43/h6-8,18-19,39-42H,9-17,20-38H2,1-5H3/t40-,41-,42?/m1/s1. The predicted molar refractivity (Wildman–Crippen MR) is 221 cm³/mol. The highest BCUT2D eigenvalue weighted by atomic mass is 16.6. The molecule has 0 saturated carbocycles. The Bertz CT molecular complexity index is 1010. The number of ether oxygens (including phenoxy) is 9. The van der Waals surface area contributed by atoms with E-state index in [9.17, 15) is 9.59 Å². The van der Waals surface area contributed by atoms with Crippen LogP contribution in [0.2, 0.25) is 0 Å². The average Bonchev–Trinajstić information content (AvgIpc) is 3.17. The molecule has 56 heavy (non-hydrogen) atoms. The van der Waals surface area contributed by atoms with Crippen molar-refractivity contribution in [3.8, 4) is 0 Å². The number of carbonyl (C=O) groups is 2. The van der Waals surface area contributed by atoms with E-state index in [1.54, 1.807) is 0 Å². The summed E-state index contributed by atoms with van der Waals surface area (Å²) in [4.78, 5) is 24.0. The van der Waals surface area contributed by atoms with Gasteiger partial charge in [0.15, 0.2) is 0 Å². The molecule has 11 nitrogen and oxygen atoms in total. The molecule has 0 aliphatic heterocycles. The SMILES string of the molecule is CC(C)CCC[C@@H](C)CCC[C@@H](C)CCCC(C)CCOC(=O)CCC(=O)OCCOCCOCCOCCOCCOCCOCCOCc1ccccc1. The second-order valence-electron chi connectivity index (χ2n) is 15.4. The van der Waals surface area contributed by atoms with Crippen molar-refractivity contribution < 1.29 is 52.2 Å². The summed E-state index contributed by atoms with van der Waals surface area (Å²) in [5.74, 6) is 2.17. The van der Waals surface area contributed by atoms with Crippen LogP contribution in [0.5, 0.6) is 0 Å². The Morgan fingerprint density at radius 3 is 1.16 bits per heavy atom. The minimum absolute atomic E-state index is 0.00728. The largest absolute Gasteiger partial charge is 0.466 e. The molecule has 1 aromatic carbocycles. The van der Waals surface area contributed by atoms with Crippen molar-refractivity contribution >= 4 is 11.9 Å². The maximum atomic E-state index is 12.1. The van der Waals surface area contributed by atoms with E-state index in [-0.39, 0.29) is 32.0 Å². The lowest BCUT2D eigenvalue weighted by molar-refractivity contribution is -0.151. The summed E-state index contributed by atoms with van der Waals surface area (Å²) in [6, 6.07) is 10.1. The maximum absolute atomic E-state index is 12.1. The van der Waals surface area contributed by atoms with Gasteiger partial charge in [-0.3, -0.25) is 9.59 Å². The van der Waals surface area contributed by atoms with Gasteiger partial charge in [-0.2, -0.15) is 0 Å². The van der Waals surface area contributed by atoms with Gasteiger partial charge in [-0.1, -0.05) is 123 Å². The van der Waals surface area contributed by atoms with E-state index >= 15 is 0 Å². The molecule has 0 heterocycles. The van der Waals surface area contributed by atoms with Crippen LogP contribution in [0.15, 0.2) is 30.3 Å². The first-order valence-electron chi connectivity index (χ1n) is 21.7. The van der Waals surface area contributed by atoms with Gasteiger partial charge in [0.05, 0.1) is 112 Å². The van der Waals surface area contributed by atoms with Gasteiger partial charge in [0, 0.05) is 0 Å². The molecule has 0 N–H and O–H groups in total. The van der Waals surface area contributed by atoms with Crippen molar-refractivity contribution in [2.24, 2.45) is 23.7 Å². The smallest absolute Gasteiger partial charge is 0.306 e. The van der Waals surface area contributed by atoms with Crippen LogP contribution in [-0.4, -0.2) is 111 Å². The first-order valence-corrected chi connectivity index (χ1v) is 21.7. The number of benzene rings is 1. The van der Waals surface area contributed by atoms with Gasteiger partial charge in [-0.25, -0.2) is 0 Å². The second kappa shape index (κ2) is 38.4. The quantitative estimate of drug-likeness (QED) is 0.0468. The summed E-state index contributed by atoms with van der Waals surface area (Å²) < 4.78 is 49.0. The molecule has 1 aromatic rings. The first kappa shape index (κ1) is 51.9. The highest BCUT2D eigenvalue weighted by molar-refractivity contribution is 5.77. The third-order valence-electron chi connectivity index (χ3n) is 9.51. The summed E-state index contributed by atoms with van der Waals surface area (Å²) in [5.41, 5.74) is 1.15. The second-order valence-corrected chi connectivity index (χ2v) is 15.4. The van der Waals surface area contributed by atoms with Crippen LogP contribution in [0.25, 0.3) is 0 Å². The van der Waals surface area contributed by atoms with Crippen LogP contribution in [0.4, 0.5) is 0 Å². The molecule has 1 rings (SSSR count). The fourth-order valence-corrected chi connectivity index (χ4v) is 5.96. The molecule has 326 valence electrons. The molecule has 0 bridgehead atoms. The van der Waals surface area contributed by atoms with E-state index in [0.717, 1.165) is 36.2 Å². The number of carbonyl (C=O) groups excluding carboxylic acids is 2. The maximum Gasteiger partial charge on any atom is 0.306 e. The molecule has 0 amide bonds. The third-order valence-corrected chi connectivity index (χ3v) is 9.51. The fraction of sp³-hybridized carbons (Fsp3) is 0.822. The van der Waals surface area contributed by atoms with Crippen molar-refractivity contribution in [1.29, 1.82) is 0 Å². The molecule has 0 aliphatic rings. The molecule has 0 aliphatic carbocycles. The molecule has 11 heteroatoms. The minimum Gasteiger partial charge on any atom is -0.466 e. The van der Waals surface area contributed by atoms with Gasteiger partial charge in [0.1, 0.15) is 6.61 Å². The van der Waals surface area contributed by atoms with Crippen molar-refractivity contribution in [3.05, 3.63) is 35.9 Å². The Morgan fingerprint density at radius 2 is 0.750 bits per heavy atom. The van der Waals surface area contributed by atoms with Crippen molar-refractivity contribution in [2.45, 2.75) is 118 Å². The Labute approximate surface area is 340 Å². The minimum atomic E-state index is -0.430. The van der Waals surface area contributed by atoms with Gasteiger partial charge in [0.25, 0.3) is 0 Å². The molecular weight excluding hydrogens is 716 g/mol. The van der Waals surface area contributed by atoms with Crippen LogP contribution in [-0.2, 0) is 58.8 Å². The Hall–Kier alpha value is -2.12. The van der Waals surface area contributed by atoms with Crippen LogP contribution in [0.1, 0.15) is 117 Å². The predicted octanol–water partition coefficient (Wildman–Crippen LogP) is 8.63. The Kier molecular flexibility index (Phi) is 35.6. The molecule has 0 aromatic heterocycles. The van der Waals surface area contributed by atoms with Gasteiger partial charge < -0.3 is 42.6 Å². The lowest BCUT2D eigenvalue weighted by Crippen LogP contribution is -2.16. The zero-order valence-corrected chi connectivity index (χ0v) is 36.0. The summed E-state index contributed by atoms with van der Waals surface area (Å²) in [6.07, 6.45) is 12.6. The normalized spacial score (nSPS) is 13.2. The summed E-state index contributed by atoms with van der Waals surface area (Å²) in [6.45, 7) is 18.8. The summed E-state index contributed by atoms with van der Waals surface area (Å²) in [7, 11) is 0. The van der Waals surface area contributed by atoms with E-state index in [1.807, 2.05) is 30.3 Å². The van der Waals surface area contributed by atoms with Crippen molar-refractivity contribution in [2.75, 3.05) is 99.1 Å². The lowest BCUT2D eigenvalue weighted by atomic mass is 9.91. The van der Waals surface area contributed by atoms with Gasteiger partial charge in [-0.15, -0.1) is 0 Å². The molecular formula is C45H80O11. The number of esters is 2. The van der Waals surface area contributed by atoms with E-state index in [2.05, 4.69) is 34.6 Å². The van der Waals surface area contributed by atoms with Crippen molar-refractivity contribution in [1.82, 2.24) is 0 Å². The third kappa shape index (κ3) is 36.2. The summed E-state index contributed by atoms with van der Waals surface area (Å²) >= 11 is 0. The fourth-order valence-electron chi connectivity index (χ4n) is 5.96. The van der Waals surface area contributed by atoms with E-state index < -0.39 is 5.97 Å². The van der Waals surface area contributed by atoms with Crippen molar-refractivity contribution in [3.63, 3.8) is 0 Å². The topological polar surface area (TPSA) is 117 Å². The van der Waals surface area contributed by atoms with E-state index in [1.165, 1.54) is 51.4 Å². The van der Waals surface area contributed by atoms with E-state index in [0.29, 0.717) is 98.4 Å². The molecule has 0 saturated heterocycles. The zero-order valence-electron chi connectivity index (χ0n) is 36.0. The Balaban J connectivity index is 1.78. The van der Waals surface area contributed by atoms with Gasteiger partial charge >= 0.3 is 11.9 Å². The van der Waals surface area contributed by atoms with Crippen LogP contribution >= 0.6 is 0 Å². The van der Waals surface area contributed by atoms with Gasteiger partial charge in [0.2, 0.25) is 0 Å². The van der Waals surface area contributed by atoms with Gasteiger partial charge in [-0.05, 0) is 35.7 Å². The van der Waals surface area contributed by atoms with E-state index in [4.69, 9.17) is 42.6 Å². The number of hydrogen-bond donors (Lipinski definition) is 0. The van der Waals surface area contributed by atoms with Crippen LogP contribution in [0, 0.1) is 23.7 Å². The Morgan fingerprint density at radius 1 is 0.411 bits per heavy atom. The number of rotatable bonds is 41. The average molecular weight is 797 g/mol. The van der Waals surface area contributed by atoms with Crippen LogP contribution in [0.3, 0.4) is 0 Å².